The Bertz CT molecular complexity index is 1060. The molecule has 2 aliphatic rings. The van der Waals surface area contributed by atoms with Gasteiger partial charge in [-0.3, -0.25) is 19.3 Å². The van der Waals surface area contributed by atoms with Gasteiger partial charge < -0.3 is 14.5 Å². The number of anilines is 1. The van der Waals surface area contributed by atoms with Gasteiger partial charge in [0, 0.05) is 37.4 Å². The smallest absolute Gasteiger partial charge is 0.255 e. The second-order valence-electron chi connectivity index (χ2n) is 8.34. The summed E-state index contributed by atoms with van der Waals surface area (Å²) < 4.78 is 4.95. The molecule has 4 rings (SSSR count). The van der Waals surface area contributed by atoms with Crippen LogP contribution in [0.4, 0.5) is 5.95 Å². The molecule has 0 saturated carbocycles. The van der Waals surface area contributed by atoms with Crippen molar-refractivity contribution in [2.75, 3.05) is 45.3 Å². The van der Waals surface area contributed by atoms with Crippen molar-refractivity contribution < 1.29 is 19.1 Å². The van der Waals surface area contributed by atoms with Crippen LogP contribution in [0.2, 0.25) is 5.02 Å². The molecule has 0 spiro atoms. The summed E-state index contributed by atoms with van der Waals surface area (Å²) in [6.45, 7) is -0.166. The van der Waals surface area contributed by atoms with Crippen LogP contribution in [0.25, 0.3) is 11.1 Å². The number of hydrogen-bond acceptors (Lipinski definition) is 7. The molecule has 0 N–H and O–H groups in total. The normalized spacial score (nSPS) is 19.1. The molecule has 2 aromatic rings. The molecular formula is C23H26ClN5O4. The van der Waals surface area contributed by atoms with Crippen LogP contribution in [0.15, 0.2) is 30.5 Å². The van der Waals surface area contributed by atoms with Crippen molar-refractivity contribution in [1.82, 2.24) is 19.8 Å². The number of halogens is 1. The van der Waals surface area contributed by atoms with Gasteiger partial charge in [-0.2, -0.15) is 0 Å². The fraction of sp³-hybridized carbons (Fsp3) is 0.435. The molecule has 1 atom stereocenters. The minimum atomic E-state index is -0.496. The third-order valence-electron chi connectivity index (χ3n) is 5.83. The first-order valence-corrected chi connectivity index (χ1v) is 11.2. The quantitative estimate of drug-likeness (QED) is 0.617. The molecule has 174 valence electrons. The molecular weight excluding hydrogens is 446 g/mol. The summed E-state index contributed by atoms with van der Waals surface area (Å²) in [6.07, 6.45) is 4.25. The Labute approximate surface area is 197 Å². The first-order valence-electron chi connectivity index (χ1n) is 10.9. The van der Waals surface area contributed by atoms with Gasteiger partial charge in [0.1, 0.15) is 19.8 Å². The van der Waals surface area contributed by atoms with Crippen LogP contribution in [-0.2, 0) is 19.1 Å². The SMILES string of the molecule is CN(C)c1ncc(-c2cccc(Cl)c2)c([C@@H]2CCCCN2C(=O)CN2C(=O)COCC2=O)n1. The van der Waals surface area contributed by atoms with Gasteiger partial charge in [-0.15, -0.1) is 0 Å². The fourth-order valence-electron chi connectivity index (χ4n) is 4.17. The van der Waals surface area contributed by atoms with Crippen molar-refractivity contribution in [3.63, 3.8) is 0 Å². The molecule has 10 heteroatoms. The van der Waals surface area contributed by atoms with Crippen LogP contribution >= 0.6 is 11.6 Å². The maximum atomic E-state index is 13.3. The molecule has 2 aliphatic heterocycles. The molecule has 2 fully saturated rings. The number of aromatic nitrogens is 2. The Hall–Kier alpha value is -3.04. The van der Waals surface area contributed by atoms with E-state index in [4.69, 9.17) is 21.3 Å². The summed E-state index contributed by atoms with van der Waals surface area (Å²) in [7, 11) is 3.72. The minimum absolute atomic E-state index is 0.195. The minimum Gasteiger partial charge on any atom is -0.362 e. The number of amides is 3. The zero-order chi connectivity index (χ0) is 23.5. The zero-order valence-electron chi connectivity index (χ0n) is 18.7. The van der Waals surface area contributed by atoms with Crippen molar-refractivity contribution in [3.05, 3.63) is 41.2 Å². The summed E-state index contributed by atoms with van der Waals surface area (Å²) in [5, 5.41) is 0.594. The molecule has 0 aliphatic carbocycles. The highest BCUT2D eigenvalue weighted by molar-refractivity contribution is 6.30. The number of imide groups is 1. The van der Waals surface area contributed by atoms with Crippen LogP contribution < -0.4 is 4.90 Å². The summed E-state index contributed by atoms with van der Waals surface area (Å²) in [4.78, 5) is 51.4. The molecule has 9 nitrogen and oxygen atoms in total. The number of ether oxygens (including phenoxy) is 1. The largest absolute Gasteiger partial charge is 0.362 e. The second-order valence-corrected chi connectivity index (χ2v) is 8.78. The standard InChI is InChI=1S/C23H26ClN5O4/c1-27(2)23-25-11-17(15-6-5-7-16(24)10-15)22(26-23)18-8-3-4-9-28(18)19(30)12-29-20(31)13-33-14-21(29)32/h5-7,10-11,18H,3-4,8-9,12-14H2,1-2H3/t18-/m0/s1. The lowest BCUT2D eigenvalue weighted by atomic mass is 9.93. The van der Waals surface area contributed by atoms with Crippen LogP contribution in [0.5, 0.6) is 0 Å². The van der Waals surface area contributed by atoms with E-state index in [1.54, 1.807) is 17.2 Å². The van der Waals surface area contributed by atoms with E-state index in [0.717, 1.165) is 34.6 Å². The first-order chi connectivity index (χ1) is 15.8. The van der Waals surface area contributed by atoms with Crippen molar-refractivity contribution in [2.24, 2.45) is 0 Å². The Kier molecular flexibility index (Phi) is 6.90. The Balaban J connectivity index is 1.70. The number of piperidine rings is 1. The third-order valence-corrected chi connectivity index (χ3v) is 6.06. The summed E-state index contributed by atoms with van der Waals surface area (Å²) >= 11 is 6.24. The second kappa shape index (κ2) is 9.84. The van der Waals surface area contributed by atoms with Crippen LogP contribution in [0, 0.1) is 0 Å². The maximum Gasteiger partial charge on any atom is 0.255 e. The van der Waals surface area contributed by atoms with E-state index in [-0.39, 0.29) is 31.7 Å². The first kappa shape index (κ1) is 23.1. The van der Waals surface area contributed by atoms with Gasteiger partial charge in [-0.25, -0.2) is 9.97 Å². The highest BCUT2D eigenvalue weighted by Gasteiger charge is 2.35. The van der Waals surface area contributed by atoms with Crippen LogP contribution in [0.1, 0.15) is 31.0 Å². The van der Waals surface area contributed by atoms with Gasteiger partial charge in [-0.05, 0) is 37.0 Å². The average molecular weight is 472 g/mol. The number of likely N-dealkylation sites (tertiary alicyclic amines) is 1. The van der Waals surface area contributed by atoms with Gasteiger partial charge in [0.2, 0.25) is 11.9 Å². The van der Waals surface area contributed by atoms with E-state index in [1.165, 1.54) is 0 Å². The number of rotatable bonds is 5. The number of carbonyl (C=O) groups excluding carboxylic acids is 3. The molecule has 0 unspecified atom stereocenters. The topological polar surface area (TPSA) is 95.9 Å². The lowest BCUT2D eigenvalue weighted by Crippen LogP contribution is -2.52. The Morgan fingerprint density at radius 3 is 2.67 bits per heavy atom. The summed E-state index contributed by atoms with van der Waals surface area (Å²) in [5.41, 5.74) is 2.38. The lowest BCUT2D eigenvalue weighted by Gasteiger charge is -2.37. The highest BCUT2D eigenvalue weighted by atomic mass is 35.5. The molecule has 0 radical (unpaired) electrons. The summed E-state index contributed by atoms with van der Waals surface area (Å²) in [6, 6.07) is 7.13. The Morgan fingerprint density at radius 1 is 1.21 bits per heavy atom. The van der Waals surface area contributed by atoms with Crippen LogP contribution in [-0.4, -0.2) is 77.9 Å². The maximum absolute atomic E-state index is 13.3. The Morgan fingerprint density at radius 2 is 1.97 bits per heavy atom. The van der Waals surface area contributed by atoms with E-state index in [1.807, 2.05) is 37.2 Å². The highest BCUT2D eigenvalue weighted by Crippen LogP contribution is 2.37. The van der Waals surface area contributed by atoms with Gasteiger partial charge in [-0.1, -0.05) is 23.7 Å². The molecule has 33 heavy (non-hydrogen) atoms. The molecule has 0 bridgehead atoms. The number of nitrogens with zero attached hydrogens (tertiary/aromatic N) is 5. The van der Waals surface area contributed by atoms with Crippen molar-refractivity contribution in [1.29, 1.82) is 0 Å². The zero-order valence-corrected chi connectivity index (χ0v) is 19.4. The monoisotopic (exact) mass is 471 g/mol. The van der Waals surface area contributed by atoms with Crippen LogP contribution in [0.3, 0.4) is 0 Å². The number of benzene rings is 1. The van der Waals surface area contributed by atoms with Gasteiger partial charge >= 0.3 is 0 Å². The number of hydrogen-bond donors (Lipinski definition) is 0. The predicted octanol–water partition coefficient (Wildman–Crippen LogP) is 2.30. The number of carbonyl (C=O) groups is 3. The van der Waals surface area contributed by atoms with E-state index in [9.17, 15) is 14.4 Å². The van der Waals surface area contributed by atoms with E-state index < -0.39 is 11.8 Å². The predicted molar refractivity (Wildman–Crippen MR) is 123 cm³/mol. The fourth-order valence-corrected chi connectivity index (χ4v) is 4.36. The molecule has 3 amide bonds. The van der Waals surface area contributed by atoms with Gasteiger partial charge in [0.25, 0.3) is 11.8 Å². The molecule has 3 heterocycles. The molecule has 2 saturated heterocycles. The molecule has 1 aromatic carbocycles. The van der Waals surface area contributed by atoms with Crippen molar-refractivity contribution >= 4 is 35.3 Å². The van der Waals surface area contributed by atoms with Gasteiger partial charge in [0.15, 0.2) is 0 Å². The van der Waals surface area contributed by atoms with E-state index >= 15 is 0 Å². The average Bonchev–Trinajstić information content (AvgIpc) is 2.81. The summed E-state index contributed by atoms with van der Waals surface area (Å²) in [5.74, 6) is -0.743. The van der Waals surface area contributed by atoms with Crippen molar-refractivity contribution in [2.45, 2.75) is 25.3 Å². The third kappa shape index (κ3) is 4.99. The van der Waals surface area contributed by atoms with Gasteiger partial charge in [0.05, 0.1) is 11.7 Å². The van der Waals surface area contributed by atoms with E-state index in [0.29, 0.717) is 23.9 Å². The van der Waals surface area contributed by atoms with E-state index in [2.05, 4.69) is 4.98 Å². The lowest BCUT2D eigenvalue weighted by molar-refractivity contribution is -0.162. The number of morpholine rings is 1. The molecule has 1 aromatic heterocycles. The van der Waals surface area contributed by atoms with Crippen molar-refractivity contribution in [3.8, 4) is 11.1 Å².